The summed E-state index contributed by atoms with van der Waals surface area (Å²) in [7, 11) is 0. The zero-order chi connectivity index (χ0) is 15.1. The summed E-state index contributed by atoms with van der Waals surface area (Å²) in [5.74, 6) is -0.748. The minimum absolute atomic E-state index is 0.186. The molecule has 1 N–H and O–H groups in total. The van der Waals surface area contributed by atoms with E-state index in [2.05, 4.69) is 43.3 Å². The van der Waals surface area contributed by atoms with Crippen LogP contribution in [0.25, 0.3) is 11.1 Å². The number of hydrogen-bond donors (Lipinski definition) is 1. The number of benzene rings is 2. The predicted octanol–water partition coefficient (Wildman–Crippen LogP) is 4.71. The molecule has 0 atom stereocenters. The molecule has 0 heterocycles. The SMILES string of the molecule is CCCCc1ccc(-c2ccc(CCC(=O)O)cc2)cc1. The summed E-state index contributed by atoms with van der Waals surface area (Å²) in [6, 6.07) is 16.9. The zero-order valence-electron chi connectivity index (χ0n) is 12.5. The van der Waals surface area contributed by atoms with Gasteiger partial charge in [-0.25, -0.2) is 0 Å². The van der Waals surface area contributed by atoms with Gasteiger partial charge in [0, 0.05) is 6.42 Å². The van der Waals surface area contributed by atoms with E-state index >= 15 is 0 Å². The van der Waals surface area contributed by atoms with Crippen LogP contribution in [0.4, 0.5) is 0 Å². The number of hydrogen-bond acceptors (Lipinski definition) is 1. The quantitative estimate of drug-likeness (QED) is 0.798. The van der Waals surface area contributed by atoms with Gasteiger partial charge in [0.1, 0.15) is 0 Å². The van der Waals surface area contributed by atoms with Gasteiger partial charge in [0.05, 0.1) is 0 Å². The summed E-state index contributed by atoms with van der Waals surface area (Å²) >= 11 is 0. The van der Waals surface area contributed by atoms with E-state index in [1.165, 1.54) is 29.5 Å². The third kappa shape index (κ3) is 4.75. The van der Waals surface area contributed by atoms with Gasteiger partial charge >= 0.3 is 5.97 Å². The summed E-state index contributed by atoms with van der Waals surface area (Å²) in [4.78, 5) is 10.6. The van der Waals surface area contributed by atoms with Crippen molar-refractivity contribution in [2.75, 3.05) is 0 Å². The molecule has 0 fully saturated rings. The Hall–Kier alpha value is -2.09. The van der Waals surface area contributed by atoms with Gasteiger partial charge in [-0.15, -0.1) is 0 Å². The lowest BCUT2D eigenvalue weighted by atomic mass is 10.00. The lowest BCUT2D eigenvalue weighted by Gasteiger charge is -2.06. The van der Waals surface area contributed by atoms with Crippen LogP contribution in [0.1, 0.15) is 37.3 Å². The van der Waals surface area contributed by atoms with Crippen molar-refractivity contribution in [1.82, 2.24) is 0 Å². The van der Waals surface area contributed by atoms with Crippen LogP contribution in [-0.4, -0.2) is 11.1 Å². The molecule has 2 nitrogen and oxygen atoms in total. The molecule has 21 heavy (non-hydrogen) atoms. The van der Waals surface area contributed by atoms with E-state index in [1.807, 2.05) is 12.1 Å². The maximum absolute atomic E-state index is 10.6. The molecule has 2 rings (SSSR count). The maximum Gasteiger partial charge on any atom is 0.303 e. The number of rotatable bonds is 7. The lowest BCUT2D eigenvalue weighted by molar-refractivity contribution is -0.136. The Labute approximate surface area is 126 Å². The van der Waals surface area contributed by atoms with Gasteiger partial charge in [-0.3, -0.25) is 4.79 Å². The molecule has 0 unspecified atom stereocenters. The van der Waals surface area contributed by atoms with Gasteiger partial charge in [-0.1, -0.05) is 61.9 Å². The second-order valence-electron chi connectivity index (χ2n) is 5.39. The number of carbonyl (C=O) groups is 1. The van der Waals surface area contributed by atoms with Crippen molar-refractivity contribution < 1.29 is 9.90 Å². The molecule has 0 saturated carbocycles. The van der Waals surface area contributed by atoms with Gasteiger partial charge < -0.3 is 5.11 Å². The van der Waals surface area contributed by atoms with Gasteiger partial charge in [0.15, 0.2) is 0 Å². The number of aryl methyl sites for hydroxylation is 2. The standard InChI is InChI=1S/C19H22O2/c1-2-3-4-15-5-10-17(11-6-15)18-12-7-16(8-13-18)9-14-19(20)21/h5-8,10-13H,2-4,9,14H2,1H3,(H,20,21). The van der Waals surface area contributed by atoms with Crippen molar-refractivity contribution >= 4 is 5.97 Å². The molecule has 110 valence electrons. The van der Waals surface area contributed by atoms with Crippen LogP contribution in [0.5, 0.6) is 0 Å². The molecule has 2 aromatic carbocycles. The van der Waals surface area contributed by atoms with E-state index < -0.39 is 5.97 Å². The molecule has 2 heteroatoms. The maximum atomic E-state index is 10.6. The van der Waals surface area contributed by atoms with Crippen LogP contribution in [0.2, 0.25) is 0 Å². The van der Waals surface area contributed by atoms with Crippen LogP contribution in [0.15, 0.2) is 48.5 Å². The third-order valence-electron chi connectivity index (χ3n) is 3.69. The Morgan fingerprint density at radius 3 is 1.76 bits per heavy atom. The Bertz CT molecular complexity index is 568. The second-order valence-corrected chi connectivity index (χ2v) is 5.39. The van der Waals surface area contributed by atoms with Crippen LogP contribution in [0, 0.1) is 0 Å². The fourth-order valence-corrected chi connectivity index (χ4v) is 2.36. The highest BCUT2D eigenvalue weighted by atomic mass is 16.4. The fraction of sp³-hybridized carbons (Fsp3) is 0.316. The van der Waals surface area contributed by atoms with Crippen LogP contribution < -0.4 is 0 Å². The van der Waals surface area contributed by atoms with E-state index in [9.17, 15) is 4.79 Å². The van der Waals surface area contributed by atoms with Crippen molar-refractivity contribution in [3.05, 3.63) is 59.7 Å². The van der Waals surface area contributed by atoms with E-state index in [4.69, 9.17) is 5.11 Å². The Balaban J connectivity index is 2.02. The number of carboxylic acid groups (broad SMARTS) is 1. The molecule has 0 aliphatic heterocycles. The van der Waals surface area contributed by atoms with E-state index in [-0.39, 0.29) is 6.42 Å². The normalized spacial score (nSPS) is 10.5. The van der Waals surface area contributed by atoms with Crippen molar-refractivity contribution in [3.8, 4) is 11.1 Å². The first-order chi connectivity index (χ1) is 10.2. The monoisotopic (exact) mass is 282 g/mol. The van der Waals surface area contributed by atoms with Gasteiger partial charge in [0.2, 0.25) is 0 Å². The zero-order valence-corrected chi connectivity index (χ0v) is 12.5. The molecular weight excluding hydrogens is 260 g/mol. The first-order valence-electron chi connectivity index (χ1n) is 7.59. The second kappa shape index (κ2) is 7.63. The summed E-state index contributed by atoms with van der Waals surface area (Å²) in [5.41, 5.74) is 4.84. The molecule has 0 spiro atoms. The molecule has 0 bridgehead atoms. The van der Waals surface area contributed by atoms with Crippen molar-refractivity contribution in [1.29, 1.82) is 0 Å². The Morgan fingerprint density at radius 2 is 1.33 bits per heavy atom. The Kier molecular flexibility index (Phi) is 5.56. The van der Waals surface area contributed by atoms with Gasteiger partial charge in [0.25, 0.3) is 0 Å². The topological polar surface area (TPSA) is 37.3 Å². The molecule has 0 aliphatic carbocycles. The lowest BCUT2D eigenvalue weighted by Crippen LogP contribution is -1.97. The first-order valence-corrected chi connectivity index (χ1v) is 7.59. The largest absolute Gasteiger partial charge is 0.481 e. The smallest absolute Gasteiger partial charge is 0.303 e. The Morgan fingerprint density at radius 1 is 0.857 bits per heavy atom. The fourth-order valence-electron chi connectivity index (χ4n) is 2.36. The summed E-state index contributed by atoms with van der Waals surface area (Å²) in [6.07, 6.45) is 4.37. The summed E-state index contributed by atoms with van der Waals surface area (Å²) in [6.45, 7) is 2.21. The van der Waals surface area contributed by atoms with Crippen molar-refractivity contribution in [2.45, 2.75) is 39.0 Å². The predicted molar refractivity (Wildman–Crippen MR) is 86.4 cm³/mol. The molecule has 0 radical (unpaired) electrons. The average molecular weight is 282 g/mol. The van der Waals surface area contributed by atoms with Gasteiger partial charge in [-0.05, 0) is 41.5 Å². The molecule has 0 saturated heterocycles. The molecular formula is C19H22O2. The van der Waals surface area contributed by atoms with Gasteiger partial charge in [-0.2, -0.15) is 0 Å². The van der Waals surface area contributed by atoms with Crippen molar-refractivity contribution in [2.24, 2.45) is 0 Å². The highest BCUT2D eigenvalue weighted by Gasteiger charge is 2.01. The highest BCUT2D eigenvalue weighted by molar-refractivity contribution is 5.67. The minimum Gasteiger partial charge on any atom is -0.481 e. The summed E-state index contributed by atoms with van der Waals surface area (Å²) in [5, 5.41) is 8.69. The molecule has 0 aromatic heterocycles. The van der Waals surface area contributed by atoms with E-state index in [0.29, 0.717) is 6.42 Å². The number of unbranched alkanes of at least 4 members (excludes halogenated alkanes) is 1. The van der Waals surface area contributed by atoms with E-state index in [1.54, 1.807) is 0 Å². The number of carboxylic acids is 1. The molecule has 2 aromatic rings. The van der Waals surface area contributed by atoms with Crippen LogP contribution >= 0.6 is 0 Å². The summed E-state index contributed by atoms with van der Waals surface area (Å²) < 4.78 is 0. The molecule has 0 amide bonds. The third-order valence-corrected chi connectivity index (χ3v) is 3.69. The van der Waals surface area contributed by atoms with E-state index in [0.717, 1.165) is 12.0 Å². The number of aliphatic carboxylic acids is 1. The van der Waals surface area contributed by atoms with Crippen molar-refractivity contribution in [3.63, 3.8) is 0 Å². The minimum atomic E-state index is -0.748. The van der Waals surface area contributed by atoms with Crippen LogP contribution in [-0.2, 0) is 17.6 Å². The van der Waals surface area contributed by atoms with Crippen LogP contribution in [0.3, 0.4) is 0 Å². The molecule has 0 aliphatic rings. The average Bonchev–Trinajstić information content (AvgIpc) is 2.52. The first kappa shape index (κ1) is 15.3. The highest BCUT2D eigenvalue weighted by Crippen LogP contribution is 2.21.